The average Bonchev–Trinajstić information content (AvgIpc) is 3.40. The smallest absolute Gasteiger partial charge is 0.317 e. The van der Waals surface area contributed by atoms with Crippen molar-refractivity contribution in [2.45, 2.75) is 56.1 Å². The van der Waals surface area contributed by atoms with Crippen molar-refractivity contribution in [2.24, 2.45) is 5.92 Å². The molecule has 0 bridgehead atoms. The first-order valence-corrected chi connectivity index (χ1v) is 16.5. The number of benzene rings is 3. The molecule has 5 rings (SSSR count). The van der Waals surface area contributed by atoms with Crippen LogP contribution in [0.25, 0.3) is 5.69 Å². The number of carbonyl (C=O) groups excluding carboxylic acids is 1. The summed E-state index contributed by atoms with van der Waals surface area (Å²) in [7, 11) is -3.96. The van der Waals surface area contributed by atoms with Crippen LogP contribution in [0.1, 0.15) is 55.7 Å². The van der Waals surface area contributed by atoms with E-state index >= 15 is 0 Å². The molecule has 3 aromatic carbocycles. The number of nitrogens with zero attached hydrogens (tertiary/aromatic N) is 2. The fraction of sp³-hybridized carbons (Fsp3) is 0.333. The number of hydrogen-bond acceptors (Lipinski definition) is 5. The highest BCUT2D eigenvalue weighted by Crippen LogP contribution is 2.40. The molecule has 3 N–H and O–H groups in total. The lowest BCUT2D eigenvalue weighted by Crippen LogP contribution is -2.33. The van der Waals surface area contributed by atoms with Crippen LogP contribution in [0.2, 0.25) is 5.02 Å². The molecule has 2 amide bonds. The van der Waals surface area contributed by atoms with E-state index in [1.54, 1.807) is 28.9 Å². The average molecular weight is 638 g/mol. The van der Waals surface area contributed by atoms with Crippen LogP contribution in [0, 0.1) is 18.7 Å². The third kappa shape index (κ3) is 6.98. The van der Waals surface area contributed by atoms with Gasteiger partial charge in [0.05, 0.1) is 26.5 Å². The van der Waals surface area contributed by atoms with Gasteiger partial charge in [0.2, 0.25) is 0 Å². The van der Waals surface area contributed by atoms with Gasteiger partial charge in [-0.25, -0.2) is 22.3 Å². The number of hydrogen-bond donors (Lipinski definition) is 3. The quantitative estimate of drug-likeness (QED) is 0.183. The highest BCUT2D eigenvalue weighted by atomic mass is 35.5. The van der Waals surface area contributed by atoms with Gasteiger partial charge in [-0.1, -0.05) is 62.2 Å². The molecule has 2 heterocycles. The van der Waals surface area contributed by atoms with Crippen LogP contribution in [0.5, 0.6) is 0 Å². The highest BCUT2D eigenvalue weighted by molar-refractivity contribution is 7.91. The van der Waals surface area contributed by atoms with E-state index in [0.29, 0.717) is 43.0 Å². The summed E-state index contributed by atoms with van der Waals surface area (Å²) in [6, 6.07) is 19.6. The van der Waals surface area contributed by atoms with Crippen molar-refractivity contribution in [3.8, 4) is 5.69 Å². The van der Waals surface area contributed by atoms with Crippen LogP contribution in [-0.2, 0) is 15.3 Å². The molecule has 0 spiro atoms. The molecule has 232 valence electrons. The predicted molar refractivity (Wildman–Crippen MR) is 173 cm³/mol. The van der Waals surface area contributed by atoms with Crippen molar-refractivity contribution in [1.29, 1.82) is 0 Å². The molecule has 1 aromatic heterocycles. The first-order chi connectivity index (χ1) is 20.8. The molecule has 1 aliphatic rings. The second-order valence-corrected chi connectivity index (χ2v) is 14.7. The second kappa shape index (κ2) is 12.7. The number of aromatic nitrogens is 2. The number of anilines is 2. The molecule has 1 unspecified atom stereocenters. The zero-order valence-electron chi connectivity index (χ0n) is 25.2. The number of aryl methyl sites for hydroxylation is 1. The summed E-state index contributed by atoms with van der Waals surface area (Å²) in [4.78, 5) is 13.3. The van der Waals surface area contributed by atoms with Crippen molar-refractivity contribution in [3.63, 3.8) is 0 Å². The van der Waals surface area contributed by atoms with Gasteiger partial charge in [-0.15, -0.1) is 0 Å². The molecule has 0 aliphatic carbocycles. The third-order valence-corrected chi connectivity index (χ3v) is 10.4. The van der Waals surface area contributed by atoms with E-state index in [4.69, 9.17) is 16.7 Å². The first-order valence-electron chi connectivity index (χ1n) is 14.6. The maximum atomic E-state index is 14.0. The third-order valence-electron chi connectivity index (χ3n) is 7.84. The molecule has 1 saturated heterocycles. The molecule has 1 aliphatic heterocycles. The summed E-state index contributed by atoms with van der Waals surface area (Å²) in [5, 5.41) is 12.7. The minimum absolute atomic E-state index is 0.0393. The predicted octanol–water partition coefficient (Wildman–Crippen LogP) is 7.43. The Balaban J connectivity index is 1.44. The van der Waals surface area contributed by atoms with E-state index in [0.717, 1.165) is 23.0 Å². The monoisotopic (exact) mass is 637 g/mol. The molecule has 1 atom stereocenters. The lowest BCUT2D eigenvalue weighted by atomic mass is 9.90. The van der Waals surface area contributed by atoms with E-state index in [1.807, 2.05) is 37.3 Å². The highest BCUT2D eigenvalue weighted by Gasteiger charge is 2.37. The standard InChI is InChI=1S/C33H37ClFN5O3S/c1-21-8-10-25(11-9-21)40-30(20-29(39-40)33(2,3)4)38-32(41)37-24-7-5-6-23(18-24)31(22-14-16-36-17-15-22)44(42,43)26-12-13-28(35)27(34)19-26/h5-13,18-20,22,31,36H,14-17H2,1-4H3,(H2,37,38,41). The summed E-state index contributed by atoms with van der Waals surface area (Å²) in [6.45, 7) is 9.54. The Morgan fingerprint density at radius 1 is 1.02 bits per heavy atom. The molecule has 0 radical (unpaired) electrons. The molecule has 44 heavy (non-hydrogen) atoms. The molecular formula is C33H37ClFN5O3S. The molecule has 11 heteroatoms. The van der Waals surface area contributed by atoms with Crippen molar-refractivity contribution < 1.29 is 17.6 Å². The second-order valence-electron chi connectivity index (χ2n) is 12.2. The Bertz CT molecular complexity index is 1760. The maximum absolute atomic E-state index is 14.0. The summed E-state index contributed by atoms with van der Waals surface area (Å²) < 4.78 is 43.7. The van der Waals surface area contributed by atoms with Gasteiger partial charge in [-0.3, -0.25) is 5.32 Å². The largest absolute Gasteiger partial charge is 0.324 e. The number of nitrogens with one attached hydrogen (secondary N) is 3. The number of amides is 2. The Morgan fingerprint density at radius 2 is 1.73 bits per heavy atom. The molecule has 4 aromatic rings. The van der Waals surface area contributed by atoms with E-state index in [9.17, 15) is 17.6 Å². The number of carbonyl (C=O) groups is 1. The van der Waals surface area contributed by atoms with Crippen LogP contribution >= 0.6 is 11.6 Å². The van der Waals surface area contributed by atoms with Crippen LogP contribution in [-0.4, -0.2) is 37.3 Å². The van der Waals surface area contributed by atoms with Crippen LogP contribution in [0.4, 0.5) is 20.7 Å². The van der Waals surface area contributed by atoms with E-state index in [1.165, 1.54) is 12.1 Å². The lowest BCUT2D eigenvalue weighted by Gasteiger charge is -2.31. The number of urea groups is 1. The van der Waals surface area contributed by atoms with Crippen molar-refractivity contribution in [2.75, 3.05) is 23.7 Å². The van der Waals surface area contributed by atoms with Crippen molar-refractivity contribution >= 4 is 39.0 Å². The molecule has 8 nitrogen and oxygen atoms in total. The summed E-state index contributed by atoms with van der Waals surface area (Å²) in [5.41, 5.74) is 3.45. The fourth-order valence-electron chi connectivity index (χ4n) is 5.44. The van der Waals surface area contributed by atoms with Crippen LogP contribution in [0.3, 0.4) is 0 Å². The van der Waals surface area contributed by atoms with E-state index in [2.05, 4.69) is 36.7 Å². The zero-order chi connectivity index (χ0) is 31.6. The lowest BCUT2D eigenvalue weighted by molar-refractivity contribution is 0.262. The minimum atomic E-state index is -3.96. The molecule has 1 fully saturated rings. The summed E-state index contributed by atoms with van der Waals surface area (Å²) in [6.07, 6.45) is 1.30. The Morgan fingerprint density at radius 3 is 2.39 bits per heavy atom. The molecular weight excluding hydrogens is 601 g/mol. The van der Waals surface area contributed by atoms with Crippen LogP contribution < -0.4 is 16.0 Å². The van der Waals surface area contributed by atoms with E-state index in [-0.39, 0.29) is 21.3 Å². The van der Waals surface area contributed by atoms with Crippen LogP contribution in [0.15, 0.2) is 77.7 Å². The summed E-state index contributed by atoms with van der Waals surface area (Å²) in [5.74, 6) is -0.371. The number of piperidine rings is 1. The van der Waals surface area contributed by atoms with Gasteiger partial charge in [0.1, 0.15) is 11.6 Å². The van der Waals surface area contributed by atoms with Crippen molar-refractivity contribution in [3.05, 3.63) is 100 Å². The van der Waals surface area contributed by atoms with Gasteiger partial charge in [-0.05, 0) is 86.8 Å². The normalized spacial score (nSPS) is 15.1. The van der Waals surface area contributed by atoms with Gasteiger partial charge < -0.3 is 10.6 Å². The SMILES string of the molecule is Cc1ccc(-n2nc(C(C)(C)C)cc2NC(=O)Nc2cccc(C(C3CCNCC3)S(=O)(=O)c3ccc(F)c(Cl)c3)c2)cc1. The Kier molecular flexibility index (Phi) is 9.15. The molecule has 0 saturated carbocycles. The minimum Gasteiger partial charge on any atom is -0.317 e. The van der Waals surface area contributed by atoms with Gasteiger partial charge in [0.15, 0.2) is 9.84 Å². The first kappa shape index (κ1) is 31.7. The number of halogens is 2. The zero-order valence-corrected chi connectivity index (χ0v) is 26.8. The van der Waals surface area contributed by atoms with Crippen molar-refractivity contribution in [1.82, 2.24) is 15.1 Å². The Labute approximate surface area is 262 Å². The number of rotatable bonds is 7. The van der Waals surface area contributed by atoms with Gasteiger partial charge in [0, 0.05) is 17.2 Å². The Hall–Kier alpha value is -3.73. The summed E-state index contributed by atoms with van der Waals surface area (Å²) >= 11 is 5.98. The van der Waals surface area contributed by atoms with Gasteiger partial charge >= 0.3 is 6.03 Å². The fourth-order valence-corrected chi connectivity index (χ4v) is 7.81. The number of sulfone groups is 1. The van der Waals surface area contributed by atoms with Gasteiger partial charge in [-0.2, -0.15) is 5.10 Å². The van der Waals surface area contributed by atoms with E-state index < -0.39 is 26.9 Å². The van der Waals surface area contributed by atoms with Gasteiger partial charge in [0.25, 0.3) is 0 Å². The topological polar surface area (TPSA) is 105 Å². The maximum Gasteiger partial charge on any atom is 0.324 e.